The first-order chi connectivity index (χ1) is 24.3. The summed E-state index contributed by atoms with van der Waals surface area (Å²) in [6.07, 6.45) is -0.649. The fourth-order valence-corrected chi connectivity index (χ4v) is 7.12. The van der Waals surface area contributed by atoms with Crippen LogP contribution in [0.2, 0.25) is 5.02 Å². The molecule has 1 aliphatic heterocycles. The van der Waals surface area contributed by atoms with Gasteiger partial charge >= 0.3 is 12.1 Å². The van der Waals surface area contributed by atoms with Crippen LogP contribution in [0.3, 0.4) is 0 Å². The first-order valence-electron chi connectivity index (χ1n) is 16.2. The molecule has 7 rings (SSSR count). The van der Waals surface area contributed by atoms with E-state index in [1.807, 2.05) is 77.5 Å². The molecule has 2 N–H and O–H groups in total. The summed E-state index contributed by atoms with van der Waals surface area (Å²) < 4.78 is 6.91. The minimum Gasteiger partial charge on any atom is -0.465 e. The van der Waals surface area contributed by atoms with Crippen molar-refractivity contribution in [2.24, 2.45) is 5.92 Å². The number of halogens is 1. The molecule has 50 heavy (non-hydrogen) atoms. The second-order valence-corrected chi connectivity index (χ2v) is 12.6. The van der Waals surface area contributed by atoms with Crippen molar-refractivity contribution >= 4 is 46.3 Å². The van der Waals surface area contributed by atoms with Crippen LogP contribution in [0, 0.1) is 5.92 Å². The minimum absolute atomic E-state index is 0.100. The molecule has 250 valence electrons. The van der Waals surface area contributed by atoms with Crippen LogP contribution in [0.5, 0.6) is 0 Å². The largest absolute Gasteiger partial charge is 0.465 e. The molecule has 1 saturated heterocycles. The van der Waals surface area contributed by atoms with E-state index in [4.69, 9.17) is 21.4 Å². The lowest BCUT2D eigenvalue weighted by Gasteiger charge is -2.37. The SMILES string of the molecule is COC(=O)c1ccc(Cl)c(-c2ccc3c(c2)c(NC(=O)[C@@H]2CCN(C(=O)O)C2)nn3C(c2ccccc2)(c2ccccc2)c2ccccc2)c1. The van der Waals surface area contributed by atoms with E-state index in [-0.39, 0.29) is 19.0 Å². The Hall–Kier alpha value is -5.93. The Labute approximate surface area is 293 Å². The maximum atomic E-state index is 13.8. The van der Waals surface area contributed by atoms with E-state index >= 15 is 0 Å². The van der Waals surface area contributed by atoms with Crippen molar-refractivity contribution < 1.29 is 24.2 Å². The zero-order valence-electron chi connectivity index (χ0n) is 27.1. The summed E-state index contributed by atoms with van der Waals surface area (Å²) in [7, 11) is 1.32. The van der Waals surface area contributed by atoms with Crippen molar-refractivity contribution in [3.8, 4) is 11.1 Å². The quantitative estimate of drug-likeness (QED) is 0.124. The van der Waals surface area contributed by atoms with Gasteiger partial charge in [0.05, 0.1) is 24.1 Å². The van der Waals surface area contributed by atoms with Crippen molar-refractivity contribution in [1.29, 1.82) is 0 Å². The number of esters is 1. The highest BCUT2D eigenvalue weighted by molar-refractivity contribution is 6.33. The molecule has 0 unspecified atom stereocenters. The van der Waals surface area contributed by atoms with E-state index in [0.29, 0.717) is 39.3 Å². The van der Waals surface area contributed by atoms with E-state index in [0.717, 1.165) is 22.2 Å². The molecule has 0 aliphatic carbocycles. The third kappa shape index (κ3) is 5.75. The smallest absolute Gasteiger partial charge is 0.407 e. The van der Waals surface area contributed by atoms with E-state index < -0.39 is 23.5 Å². The van der Waals surface area contributed by atoms with Gasteiger partial charge in [0.1, 0.15) is 5.54 Å². The van der Waals surface area contributed by atoms with E-state index in [2.05, 4.69) is 41.7 Å². The molecular formula is C40H33ClN4O5. The molecule has 2 amide bonds. The van der Waals surface area contributed by atoms with Crippen LogP contribution in [-0.4, -0.2) is 58.0 Å². The molecule has 1 aromatic heterocycles. The van der Waals surface area contributed by atoms with E-state index in [1.54, 1.807) is 18.2 Å². The molecule has 1 atom stereocenters. The van der Waals surface area contributed by atoms with Crippen LogP contribution in [0.25, 0.3) is 22.0 Å². The lowest BCUT2D eigenvalue weighted by Crippen LogP contribution is -2.38. The summed E-state index contributed by atoms with van der Waals surface area (Å²) in [6, 6.07) is 41.0. The predicted molar refractivity (Wildman–Crippen MR) is 192 cm³/mol. The fraction of sp³-hybridized carbons (Fsp3) is 0.150. The van der Waals surface area contributed by atoms with Gasteiger partial charge < -0.3 is 20.1 Å². The Morgan fingerprint density at radius 1 is 0.840 bits per heavy atom. The number of aromatic nitrogens is 2. The van der Waals surface area contributed by atoms with Gasteiger partial charge in [0.25, 0.3) is 0 Å². The Kier molecular flexibility index (Phi) is 8.82. The molecule has 2 heterocycles. The number of nitrogens with one attached hydrogen (secondary N) is 1. The molecule has 1 fully saturated rings. The predicted octanol–water partition coefficient (Wildman–Crippen LogP) is 7.92. The summed E-state index contributed by atoms with van der Waals surface area (Å²) in [5, 5.41) is 18.9. The number of fused-ring (bicyclic) bond motifs is 1. The number of carboxylic acid groups (broad SMARTS) is 1. The molecule has 0 bridgehead atoms. The maximum Gasteiger partial charge on any atom is 0.407 e. The number of ether oxygens (including phenoxy) is 1. The summed E-state index contributed by atoms with van der Waals surface area (Å²) in [5.74, 6) is -1.04. The summed E-state index contributed by atoms with van der Waals surface area (Å²) in [4.78, 5) is 39.1. The number of likely N-dealkylation sites (tertiary alicyclic amines) is 1. The minimum atomic E-state index is -1.05. The molecular weight excluding hydrogens is 652 g/mol. The van der Waals surface area contributed by atoms with Crippen LogP contribution in [-0.2, 0) is 15.1 Å². The standard InChI is InChI=1S/C40H33ClN4O5/c1-50-38(47)27-17-19-34(41)32(24-27)26-18-20-35-33(23-26)36(42-37(46)28-21-22-44(25-28)39(48)49)43-45(35)40(29-11-5-2-6-12-29,30-13-7-3-8-14-30)31-15-9-4-10-16-31/h2-20,23-24,28H,21-22,25H2,1H3,(H,48,49)(H,42,43,46)/t28-/m1/s1. The van der Waals surface area contributed by atoms with Crippen LogP contribution in [0.4, 0.5) is 10.6 Å². The van der Waals surface area contributed by atoms with Crippen LogP contribution >= 0.6 is 11.6 Å². The lowest BCUT2D eigenvalue weighted by atomic mass is 9.77. The van der Waals surface area contributed by atoms with E-state index in [1.165, 1.54) is 12.0 Å². The first kappa shape index (κ1) is 32.6. The van der Waals surface area contributed by atoms with Gasteiger partial charge in [0.15, 0.2) is 5.82 Å². The van der Waals surface area contributed by atoms with Gasteiger partial charge in [0, 0.05) is 29.1 Å². The van der Waals surface area contributed by atoms with Crippen molar-refractivity contribution in [2.45, 2.75) is 12.0 Å². The van der Waals surface area contributed by atoms with E-state index in [9.17, 15) is 19.5 Å². The highest BCUT2D eigenvalue weighted by Crippen LogP contribution is 2.44. The van der Waals surface area contributed by atoms with Crippen molar-refractivity contribution in [3.63, 3.8) is 0 Å². The normalized spacial score (nSPS) is 14.4. The zero-order chi connectivity index (χ0) is 34.8. The van der Waals surface area contributed by atoms with Crippen LogP contribution in [0.15, 0.2) is 127 Å². The van der Waals surface area contributed by atoms with Gasteiger partial charge in [-0.05, 0) is 59.0 Å². The number of rotatable bonds is 8. The summed E-state index contributed by atoms with van der Waals surface area (Å²) in [6.45, 7) is 0.379. The average molecular weight is 685 g/mol. The highest BCUT2D eigenvalue weighted by Gasteiger charge is 2.41. The Morgan fingerprint density at radius 3 is 1.98 bits per heavy atom. The van der Waals surface area contributed by atoms with Crippen molar-refractivity contribution in [2.75, 3.05) is 25.5 Å². The number of carbonyl (C=O) groups is 3. The van der Waals surface area contributed by atoms with Gasteiger partial charge in [0.2, 0.25) is 5.91 Å². The second kappa shape index (κ2) is 13.5. The van der Waals surface area contributed by atoms with Gasteiger partial charge in [-0.3, -0.25) is 4.79 Å². The van der Waals surface area contributed by atoms with Gasteiger partial charge in [-0.1, -0.05) is 109 Å². The Balaban J connectivity index is 1.49. The number of hydrogen-bond donors (Lipinski definition) is 2. The van der Waals surface area contributed by atoms with Gasteiger partial charge in [-0.15, -0.1) is 0 Å². The number of amides is 2. The monoisotopic (exact) mass is 684 g/mol. The van der Waals surface area contributed by atoms with Crippen molar-refractivity contribution in [1.82, 2.24) is 14.7 Å². The fourth-order valence-electron chi connectivity index (χ4n) is 6.90. The second-order valence-electron chi connectivity index (χ2n) is 12.2. The molecule has 9 nitrogen and oxygen atoms in total. The first-order valence-corrected chi connectivity index (χ1v) is 16.6. The number of benzene rings is 5. The number of methoxy groups -OCH3 is 1. The Bertz CT molecular complexity index is 2110. The number of carbonyl (C=O) groups excluding carboxylic acids is 2. The third-order valence-corrected chi connectivity index (χ3v) is 9.67. The molecule has 1 aliphatic rings. The summed E-state index contributed by atoms with van der Waals surface area (Å²) in [5.41, 5.74) is 4.24. The number of anilines is 1. The molecule has 10 heteroatoms. The van der Waals surface area contributed by atoms with Gasteiger partial charge in [-0.25, -0.2) is 14.3 Å². The Morgan fingerprint density at radius 2 is 1.44 bits per heavy atom. The number of nitrogens with zero attached hydrogens (tertiary/aromatic N) is 3. The molecule has 6 aromatic rings. The lowest BCUT2D eigenvalue weighted by molar-refractivity contribution is -0.119. The third-order valence-electron chi connectivity index (χ3n) is 9.34. The van der Waals surface area contributed by atoms with Crippen molar-refractivity contribution in [3.05, 3.63) is 155 Å². The average Bonchev–Trinajstić information content (AvgIpc) is 3.80. The van der Waals surface area contributed by atoms with Crippen LogP contribution < -0.4 is 5.32 Å². The zero-order valence-corrected chi connectivity index (χ0v) is 27.9. The summed E-state index contributed by atoms with van der Waals surface area (Å²) >= 11 is 6.70. The molecule has 5 aromatic carbocycles. The molecule has 0 spiro atoms. The molecule has 0 radical (unpaired) electrons. The highest BCUT2D eigenvalue weighted by atomic mass is 35.5. The number of hydrogen-bond acceptors (Lipinski definition) is 5. The molecule has 0 saturated carbocycles. The van der Waals surface area contributed by atoms with Gasteiger partial charge in [-0.2, -0.15) is 5.10 Å². The topological polar surface area (TPSA) is 114 Å². The maximum absolute atomic E-state index is 13.8. The van der Waals surface area contributed by atoms with Crippen LogP contribution in [0.1, 0.15) is 33.5 Å².